The molecule has 5 nitrogen and oxygen atoms in total. The van der Waals surface area contributed by atoms with E-state index < -0.39 is 22.1 Å². The first-order valence-electron chi connectivity index (χ1n) is 4.54. The molecule has 1 rings (SSSR count). The molecule has 0 aliphatic rings. The molecule has 2 N–H and O–H groups in total. The Morgan fingerprint density at radius 1 is 1.31 bits per heavy atom. The van der Waals surface area contributed by atoms with Crippen LogP contribution >= 0.6 is 0 Å². The van der Waals surface area contributed by atoms with Crippen LogP contribution in [0.2, 0.25) is 0 Å². The third-order valence-corrected chi connectivity index (χ3v) is 2.45. The van der Waals surface area contributed by atoms with Crippen LogP contribution in [0.3, 0.4) is 0 Å². The van der Waals surface area contributed by atoms with Gasteiger partial charge in [0, 0.05) is 0 Å². The molecule has 0 aromatic heterocycles. The molecule has 6 heteroatoms. The van der Waals surface area contributed by atoms with E-state index in [2.05, 4.69) is 4.18 Å². The first-order chi connectivity index (χ1) is 7.29. The first-order valence-corrected chi connectivity index (χ1v) is 6.35. The van der Waals surface area contributed by atoms with Crippen LogP contribution in [0, 0.1) is 6.92 Å². The molecule has 0 radical (unpaired) electrons. The van der Waals surface area contributed by atoms with Gasteiger partial charge in [0.2, 0.25) is 0 Å². The van der Waals surface area contributed by atoms with Gasteiger partial charge in [0.1, 0.15) is 0 Å². The molecule has 0 spiro atoms. The zero-order valence-electron chi connectivity index (χ0n) is 9.01. The fourth-order valence-electron chi connectivity index (χ4n) is 1.18. The summed E-state index contributed by atoms with van der Waals surface area (Å²) < 4.78 is 26.5. The Labute approximate surface area is 94.3 Å². The van der Waals surface area contributed by atoms with E-state index in [9.17, 15) is 13.2 Å². The molecule has 0 saturated heterocycles. The van der Waals surface area contributed by atoms with Crippen molar-refractivity contribution in [3.8, 4) is 0 Å². The van der Waals surface area contributed by atoms with Gasteiger partial charge in [-0.15, -0.1) is 0 Å². The lowest BCUT2D eigenvalue weighted by Gasteiger charge is -2.13. The Morgan fingerprint density at radius 3 is 2.19 bits per heavy atom. The van der Waals surface area contributed by atoms with Crippen LogP contribution in [0.25, 0.3) is 0 Å². The van der Waals surface area contributed by atoms with Crippen LogP contribution in [0.15, 0.2) is 24.3 Å². The number of rotatable bonds is 4. The number of carbonyl (C=O) groups is 1. The predicted octanol–water partition coefficient (Wildman–Crippen LogP) is 0.498. The SMILES string of the molecule is Cc1ccc(C(OS(C)(=O)=O)C(N)=O)cc1. The van der Waals surface area contributed by atoms with Gasteiger partial charge in [-0.2, -0.15) is 8.42 Å². The predicted molar refractivity (Wildman–Crippen MR) is 59.0 cm³/mol. The zero-order chi connectivity index (χ0) is 12.3. The minimum atomic E-state index is -3.73. The molecule has 0 fully saturated rings. The van der Waals surface area contributed by atoms with E-state index in [0.717, 1.165) is 11.8 Å². The molecular weight excluding hydrogens is 230 g/mol. The molecule has 0 aliphatic carbocycles. The van der Waals surface area contributed by atoms with Gasteiger partial charge >= 0.3 is 0 Å². The monoisotopic (exact) mass is 243 g/mol. The minimum absolute atomic E-state index is 0.420. The number of primary amides is 1. The number of benzene rings is 1. The Morgan fingerprint density at radius 2 is 1.81 bits per heavy atom. The quantitative estimate of drug-likeness (QED) is 0.780. The van der Waals surface area contributed by atoms with Gasteiger partial charge in [-0.3, -0.25) is 8.98 Å². The largest absolute Gasteiger partial charge is 0.367 e. The Balaban J connectivity index is 3.03. The van der Waals surface area contributed by atoms with E-state index in [1.54, 1.807) is 24.3 Å². The second-order valence-electron chi connectivity index (χ2n) is 3.49. The number of hydrogen-bond donors (Lipinski definition) is 1. The van der Waals surface area contributed by atoms with Gasteiger partial charge < -0.3 is 5.73 Å². The maximum Gasteiger partial charge on any atom is 0.265 e. The second-order valence-corrected chi connectivity index (χ2v) is 5.09. The van der Waals surface area contributed by atoms with E-state index in [1.165, 1.54) is 0 Å². The fourth-order valence-corrected chi connectivity index (χ4v) is 1.74. The summed E-state index contributed by atoms with van der Waals surface area (Å²) in [5, 5.41) is 0. The maximum atomic E-state index is 11.1. The summed E-state index contributed by atoms with van der Waals surface area (Å²) in [5.74, 6) is -0.839. The molecule has 0 aliphatic heterocycles. The maximum absolute atomic E-state index is 11.1. The molecule has 1 unspecified atom stereocenters. The Kier molecular flexibility index (Phi) is 3.66. The Bertz CT molecular complexity index is 478. The highest BCUT2D eigenvalue weighted by molar-refractivity contribution is 7.86. The summed E-state index contributed by atoms with van der Waals surface area (Å²) in [7, 11) is -3.73. The molecule has 1 amide bonds. The van der Waals surface area contributed by atoms with Crippen LogP contribution < -0.4 is 5.73 Å². The van der Waals surface area contributed by atoms with E-state index in [-0.39, 0.29) is 0 Å². The van der Waals surface area contributed by atoms with Gasteiger partial charge in [0.15, 0.2) is 6.10 Å². The van der Waals surface area contributed by atoms with E-state index in [1.807, 2.05) is 6.92 Å². The van der Waals surface area contributed by atoms with Crippen molar-refractivity contribution in [2.24, 2.45) is 5.73 Å². The van der Waals surface area contributed by atoms with Gasteiger partial charge in [0.05, 0.1) is 6.26 Å². The third kappa shape index (κ3) is 3.63. The zero-order valence-corrected chi connectivity index (χ0v) is 9.82. The van der Waals surface area contributed by atoms with Crippen LogP contribution in [0.1, 0.15) is 17.2 Å². The summed E-state index contributed by atoms with van der Waals surface area (Å²) >= 11 is 0. The van der Waals surface area contributed by atoms with Crippen molar-refractivity contribution in [2.45, 2.75) is 13.0 Å². The molecular formula is C10H13NO4S. The van der Waals surface area contributed by atoms with Gasteiger partial charge in [-0.05, 0) is 12.5 Å². The molecule has 16 heavy (non-hydrogen) atoms. The number of hydrogen-bond acceptors (Lipinski definition) is 4. The summed E-state index contributed by atoms with van der Waals surface area (Å²) in [6, 6.07) is 6.71. The van der Waals surface area contributed by atoms with Gasteiger partial charge in [0.25, 0.3) is 16.0 Å². The fraction of sp³-hybridized carbons (Fsp3) is 0.300. The van der Waals surface area contributed by atoms with Gasteiger partial charge in [-0.1, -0.05) is 29.8 Å². The van der Waals surface area contributed by atoms with E-state index >= 15 is 0 Å². The second kappa shape index (κ2) is 4.63. The van der Waals surface area contributed by atoms with Crippen molar-refractivity contribution >= 4 is 16.0 Å². The van der Waals surface area contributed by atoms with Crippen LogP contribution in [0.4, 0.5) is 0 Å². The molecule has 0 saturated carbocycles. The summed E-state index contributed by atoms with van der Waals surface area (Å²) in [4.78, 5) is 11.1. The molecule has 1 aromatic rings. The Hall–Kier alpha value is -1.40. The lowest BCUT2D eigenvalue weighted by molar-refractivity contribution is -0.124. The summed E-state index contributed by atoms with van der Waals surface area (Å²) in [6.07, 6.45) is -0.396. The van der Waals surface area contributed by atoms with Crippen molar-refractivity contribution < 1.29 is 17.4 Å². The van der Waals surface area contributed by atoms with Crippen LogP contribution in [-0.2, 0) is 19.1 Å². The average Bonchev–Trinajstić information content (AvgIpc) is 2.14. The van der Waals surface area contributed by atoms with Crippen molar-refractivity contribution in [1.82, 2.24) is 0 Å². The van der Waals surface area contributed by atoms with E-state index in [0.29, 0.717) is 5.56 Å². The number of carbonyl (C=O) groups excluding carboxylic acids is 1. The number of nitrogens with two attached hydrogens (primary N) is 1. The molecule has 0 heterocycles. The molecule has 0 bridgehead atoms. The highest BCUT2D eigenvalue weighted by Crippen LogP contribution is 2.19. The van der Waals surface area contributed by atoms with Crippen molar-refractivity contribution in [1.29, 1.82) is 0 Å². The molecule has 1 aromatic carbocycles. The molecule has 1 atom stereocenters. The van der Waals surface area contributed by atoms with Gasteiger partial charge in [-0.25, -0.2) is 0 Å². The third-order valence-electron chi connectivity index (χ3n) is 1.91. The number of aryl methyl sites for hydroxylation is 1. The summed E-state index contributed by atoms with van der Waals surface area (Å²) in [5.41, 5.74) is 6.50. The minimum Gasteiger partial charge on any atom is -0.367 e. The summed E-state index contributed by atoms with van der Waals surface area (Å²) in [6.45, 7) is 1.88. The van der Waals surface area contributed by atoms with Crippen LogP contribution in [0.5, 0.6) is 0 Å². The topological polar surface area (TPSA) is 86.5 Å². The highest BCUT2D eigenvalue weighted by Gasteiger charge is 2.23. The van der Waals surface area contributed by atoms with Crippen molar-refractivity contribution in [3.05, 3.63) is 35.4 Å². The van der Waals surface area contributed by atoms with Crippen LogP contribution in [-0.4, -0.2) is 20.6 Å². The lowest BCUT2D eigenvalue weighted by Crippen LogP contribution is -2.25. The van der Waals surface area contributed by atoms with Crippen molar-refractivity contribution in [2.75, 3.05) is 6.26 Å². The highest BCUT2D eigenvalue weighted by atomic mass is 32.2. The lowest BCUT2D eigenvalue weighted by atomic mass is 10.1. The normalized spacial score (nSPS) is 13.4. The van der Waals surface area contributed by atoms with E-state index in [4.69, 9.17) is 5.73 Å². The molecule has 88 valence electrons. The number of amides is 1. The van der Waals surface area contributed by atoms with Crippen molar-refractivity contribution in [3.63, 3.8) is 0 Å². The standard InChI is InChI=1S/C10H13NO4S/c1-7-3-5-8(6-4-7)9(10(11)12)15-16(2,13)14/h3-6,9H,1-2H3,(H2,11,12). The average molecular weight is 243 g/mol. The smallest absolute Gasteiger partial charge is 0.265 e. The first kappa shape index (κ1) is 12.7.